The Morgan fingerprint density at radius 1 is 1.04 bits per heavy atom. The van der Waals surface area contributed by atoms with E-state index in [2.05, 4.69) is 19.9 Å². The SMILES string of the molecule is N#Cc1cnc(N2Cc3cnc(-c4ccccc4)nc3C2)nc1N. The van der Waals surface area contributed by atoms with Gasteiger partial charge in [-0.05, 0) is 0 Å². The molecule has 2 N–H and O–H groups in total. The second-order valence-electron chi connectivity index (χ2n) is 5.47. The minimum atomic E-state index is 0.189. The Kier molecular flexibility index (Phi) is 3.28. The Bertz CT molecular complexity index is 947. The minimum absolute atomic E-state index is 0.189. The Labute approximate surface area is 138 Å². The molecule has 3 aromatic rings. The number of nitrogen functional groups attached to an aromatic ring is 1. The minimum Gasteiger partial charge on any atom is -0.382 e. The van der Waals surface area contributed by atoms with Crippen molar-refractivity contribution in [3.8, 4) is 17.5 Å². The molecule has 7 nitrogen and oxygen atoms in total. The van der Waals surface area contributed by atoms with Crippen LogP contribution in [0.4, 0.5) is 11.8 Å². The molecular formula is C17H13N7. The number of benzene rings is 1. The van der Waals surface area contributed by atoms with Crippen molar-refractivity contribution >= 4 is 11.8 Å². The van der Waals surface area contributed by atoms with Crippen LogP contribution < -0.4 is 10.6 Å². The molecule has 24 heavy (non-hydrogen) atoms. The molecule has 0 radical (unpaired) electrons. The van der Waals surface area contributed by atoms with Gasteiger partial charge in [0, 0.05) is 23.9 Å². The highest BCUT2D eigenvalue weighted by Gasteiger charge is 2.24. The summed E-state index contributed by atoms with van der Waals surface area (Å²) in [4.78, 5) is 19.5. The maximum Gasteiger partial charge on any atom is 0.228 e. The maximum absolute atomic E-state index is 8.91. The first-order valence-corrected chi connectivity index (χ1v) is 7.42. The van der Waals surface area contributed by atoms with Crippen LogP contribution in [0.25, 0.3) is 11.4 Å². The van der Waals surface area contributed by atoms with Gasteiger partial charge < -0.3 is 10.6 Å². The number of fused-ring (bicyclic) bond motifs is 1. The van der Waals surface area contributed by atoms with Gasteiger partial charge in [-0.2, -0.15) is 10.2 Å². The van der Waals surface area contributed by atoms with Crippen molar-refractivity contribution in [2.75, 3.05) is 10.6 Å². The first-order valence-electron chi connectivity index (χ1n) is 7.42. The maximum atomic E-state index is 8.91. The van der Waals surface area contributed by atoms with Crippen LogP contribution in [0.1, 0.15) is 16.8 Å². The van der Waals surface area contributed by atoms with Crippen LogP contribution in [0.3, 0.4) is 0 Å². The molecule has 0 bridgehead atoms. The largest absolute Gasteiger partial charge is 0.382 e. The molecule has 4 rings (SSSR count). The average Bonchev–Trinajstić information content (AvgIpc) is 3.05. The summed E-state index contributed by atoms with van der Waals surface area (Å²) in [5.41, 5.74) is 9.04. The quantitative estimate of drug-likeness (QED) is 0.770. The number of nitriles is 1. The van der Waals surface area contributed by atoms with Crippen LogP contribution >= 0.6 is 0 Å². The summed E-state index contributed by atoms with van der Waals surface area (Å²) in [5, 5.41) is 8.91. The van der Waals surface area contributed by atoms with Crippen LogP contribution in [0.15, 0.2) is 42.7 Å². The van der Waals surface area contributed by atoms with Gasteiger partial charge in [-0.1, -0.05) is 30.3 Å². The van der Waals surface area contributed by atoms with Crippen LogP contribution in [0, 0.1) is 11.3 Å². The fraction of sp³-hybridized carbons (Fsp3) is 0.118. The normalized spacial score (nSPS) is 12.7. The summed E-state index contributed by atoms with van der Waals surface area (Å²) in [5.74, 6) is 1.39. The number of nitrogens with two attached hydrogens (primary N) is 1. The van der Waals surface area contributed by atoms with Gasteiger partial charge >= 0.3 is 0 Å². The summed E-state index contributed by atoms with van der Waals surface area (Å²) in [6.45, 7) is 1.21. The van der Waals surface area contributed by atoms with Crippen molar-refractivity contribution in [2.24, 2.45) is 0 Å². The van der Waals surface area contributed by atoms with Gasteiger partial charge in [0.2, 0.25) is 5.95 Å². The Morgan fingerprint density at radius 3 is 2.62 bits per heavy atom. The van der Waals surface area contributed by atoms with E-state index in [0.717, 1.165) is 16.8 Å². The summed E-state index contributed by atoms with van der Waals surface area (Å²) < 4.78 is 0. The average molecular weight is 315 g/mol. The van der Waals surface area contributed by atoms with Crippen molar-refractivity contribution in [1.29, 1.82) is 5.26 Å². The molecule has 0 fully saturated rings. The predicted molar refractivity (Wildman–Crippen MR) is 88.5 cm³/mol. The molecular weight excluding hydrogens is 302 g/mol. The van der Waals surface area contributed by atoms with Crippen molar-refractivity contribution in [3.05, 3.63) is 59.5 Å². The molecule has 0 spiro atoms. The van der Waals surface area contributed by atoms with Crippen LogP contribution in [-0.4, -0.2) is 19.9 Å². The van der Waals surface area contributed by atoms with Crippen molar-refractivity contribution in [2.45, 2.75) is 13.1 Å². The second kappa shape index (κ2) is 5.59. The molecule has 116 valence electrons. The number of hydrogen-bond donors (Lipinski definition) is 1. The molecule has 2 aromatic heterocycles. The molecule has 0 saturated carbocycles. The van der Waals surface area contributed by atoms with E-state index in [1.54, 1.807) is 0 Å². The van der Waals surface area contributed by atoms with E-state index in [4.69, 9.17) is 11.0 Å². The van der Waals surface area contributed by atoms with E-state index in [9.17, 15) is 0 Å². The lowest BCUT2D eigenvalue weighted by Gasteiger charge is -2.14. The molecule has 0 saturated heterocycles. The number of rotatable bonds is 2. The van der Waals surface area contributed by atoms with E-state index in [-0.39, 0.29) is 11.4 Å². The summed E-state index contributed by atoms with van der Waals surface area (Å²) >= 11 is 0. The van der Waals surface area contributed by atoms with E-state index in [1.165, 1.54) is 6.20 Å². The fourth-order valence-electron chi connectivity index (χ4n) is 2.64. The number of hydrogen-bond acceptors (Lipinski definition) is 7. The summed E-state index contributed by atoms with van der Waals surface area (Å²) in [7, 11) is 0. The predicted octanol–water partition coefficient (Wildman–Crippen LogP) is 1.91. The van der Waals surface area contributed by atoms with Crippen LogP contribution in [-0.2, 0) is 13.1 Å². The van der Waals surface area contributed by atoms with Crippen molar-refractivity contribution in [1.82, 2.24) is 19.9 Å². The highest BCUT2D eigenvalue weighted by atomic mass is 15.3. The first kappa shape index (κ1) is 14.1. The number of anilines is 2. The zero-order valence-electron chi connectivity index (χ0n) is 12.7. The smallest absolute Gasteiger partial charge is 0.228 e. The molecule has 0 unspecified atom stereocenters. The van der Waals surface area contributed by atoms with Crippen molar-refractivity contribution in [3.63, 3.8) is 0 Å². The van der Waals surface area contributed by atoms with Gasteiger partial charge in [0.1, 0.15) is 17.5 Å². The molecule has 3 heterocycles. The molecule has 0 aliphatic carbocycles. The lowest BCUT2D eigenvalue weighted by molar-refractivity contribution is 0.822. The Balaban J connectivity index is 1.63. The molecule has 1 aliphatic heterocycles. The molecule has 1 aliphatic rings. The monoisotopic (exact) mass is 315 g/mol. The Hall–Kier alpha value is -3.53. The highest BCUT2D eigenvalue weighted by Crippen LogP contribution is 2.26. The van der Waals surface area contributed by atoms with E-state index in [1.807, 2.05) is 47.5 Å². The first-order chi connectivity index (χ1) is 11.7. The fourth-order valence-corrected chi connectivity index (χ4v) is 2.64. The molecule has 7 heteroatoms. The van der Waals surface area contributed by atoms with E-state index < -0.39 is 0 Å². The zero-order chi connectivity index (χ0) is 16.5. The van der Waals surface area contributed by atoms with E-state index in [0.29, 0.717) is 24.9 Å². The molecule has 0 amide bonds. The lowest BCUT2D eigenvalue weighted by atomic mass is 10.2. The second-order valence-corrected chi connectivity index (χ2v) is 5.47. The third-order valence-electron chi connectivity index (χ3n) is 3.90. The highest BCUT2D eigenvalue weighted by molar-refractivity contribution is 5.56. The van der Waals surface area contributed by atoms with Gasteiger partial charge in [-0.15, -0.1) is 0 Å². The van der Waals surface area contributed by atoms with Crippen molar-refractivity contribution < 1.29 is 0 Å². The third kappa shape index (κ3) is 2.40. The van der Waals surface area contributed by atoms with Gasteiger partial charge in [-0.3, -0.25) is 0 Å². The Morgan fingerprint density at radius 2 is 1.88 bits per heavy atom. The van der Waals surface area contributed by atoms with Gasteiger partial charge in [0.25, 0.3) is 0 Å². The van der Waals surface area contributed by atoms with E-state index >= 15 is 0 Å². The molecule has 0 atom stereocenters. The topological polar surface area (TPSA) is 105 Å². The third-order valence-corrected chi connectivity index (χ3v) is 3.90. The zero-order valence-corrected chi connectivity index (χ0v) is 12.7. The lowest BCUT2D eigenvalue weighted by Crippen LogP contribution is -2.18. The van der Waals surface area contributed by atoms with Crippen LogP contribution in [0.5, 0.6) is 0 Å². The summed E-state index contributed by atoms with van der Waals surface area (Å²) in [6, 6.07) is 11.8. The standard InChI is InChI=1S/C17H13N7/c18-6-12-7-21-17(23-15(12)19)24-9-13-8-20-16(22-14(13)10-24)11-4-2-1-3-5-11/h1-5,7-8H,9-10H2,(H2,19,21,23). The van der Waals surface area contributed by atoms with Crippen LogP contribution in [0.2, 0.25) is 0 Å². The summed E-state index contributed by atoms with van der Waals surface area (Å²) in [6.07, 6.45) is 3.29. The van der Waals surface area contributed by atoms with Gasteiger partial charge in [0.15, 0.2) is 5.82 Å². The molecule has 1 aromatic carbocycles. The number of aromatic nitrogens is 4. The van der Waals surface area contributed by atoms with Gasteiger partial charge in [0.05, 0.1) is 18.4 Å². The van der Waals surface area contributed by atoms with Gasteiger partial charge in [-0.25, -0.2) is 15.0 Å². The number of nitrogens with zero attached hydrogens (tertiary/aromatic N) is 6.